The Morgan fingerprint density at radius 2 is 1.57 bits per heavy atom. The summed E-state index contributed by atoms with van der Waals surface area (Å²) in [5.74, 6) is 0. The number of fused-ring (bicyclic) bond motifs is 3. The zero-order chi connectivity index (χ0) is 20.7. The van der Waals surface area contributed by atoms with Gasteiger partial charge in [-0.15, -0.1) is 0 Å². The Balaban J connectivity index is 1.91. The van der Waals surface area contributed by atoms with Crippen LogP contribution in [0.3, 0.4) is 0 Å². The number of ether oxygens (including phenoxy) is 2. The molecule has 0 saturated carbocycles. The van der Waals surface area contributed by atoms with Crippen LogP contribution in [0.5, 0.6) is 0 Å². The standard InChI is InChI=1S/C22H30N2O4/c1-21(2,3)27-19(25)24(20(26)28-22(4,5)6)17-12-11-16-13-15-9-7-8-10-18(15)23(16)14-17/h7-10,13,17H,11-12,14H2,1-6H3. The minimum Gasteiger partial charge on any atom is -0.443 e. The first-order valence-electron chi connectivity index (χ1n) is 9.77. The van der Waals surface area contributed by atoms with Gasteiger partial charge in [0, 0.05) is 17.8 Å². The number of benzene rings is 1. The van der Waals surface area contributed by atoms with E-state index in [0.29, 0.717) is 13.0 Å². The van der Waals surface area contributed by atoms with E-state index in [1.54, 1.807) is 41.5 Å². The van der Waals surface area contributed by atoms with Crippen LogP contribution in [-0.4, -0.2) is 38.9 Å². The maximum atomic E-state index is 12.9. The van der Waals surface area contributed by atoms with Gasteiger partial charge in [0.1, 0.15) is 11.2 Å². The van der Waals surface area contributed by atoms with Gasteiger partial charge < -0.3 is 14.0 Å². The van der Waals surface area contributed by atoms with E-state index in [1.807, 2.05) is 12.1 Å². The van der Waals surface area contributed by atoms with Crippen molar-refractivity contribution in [2.75, 3.05) is 0 Å². The van der Waals surface area contributed by atoms with Crippen molar-refractivity contribution in [1.82, 2.24) is 9.47 Å². The lowest BCUT2D eigenvalue weighted by Crippen LogP contribution is -2.51. The molecule has 2 aromatic rings. The van der Waals surface area contributed by atoms with Crippen LogP contribution >= 0.6 is 0 Å². The molecule has 0 fully saturated rings. The average Bonchev–Trinajstić information content (AvgIpc) is 2.89. The highest BCUT2D eigenvalue weighted by Crippen LogP contribution is 2.29. The Labute approximate surface area is 166 Å². The number of aryl methyl sites for hydroxylation is 1. The molecule has 1 atom stereocenters. The van der Waals surface area contributed by atoms with Crippen LogP contribution in [0, 0.1) is 0 Å². The second-order valence-electron chi connectivity index (χ2n) is 9.33. The highest BCUT2D eigenvalue weighted by Gasteiger charge is 2.38. The molecular weight excluding hydrogens is 356 g/mol. The second kappa shape index (κ2) is 7.15. The van der Waals surface area contributed by atoms with E-state index < -0.39 is 23.4 Å². The fourth-order valence-electron chi connectivity index (χ4n) is 3.51. The number of aromatic nitrogens is 1. The second-order valence-corrected chi connectivity index (χ2v) is 9.33. The van der Waals surface area contributed by atoms with E-state index in [-0.39, 0.29) is 6.04 Å². The fourth-order valence-corrected chi connectivity index (χ4v) is 3.51. The summed E-state index contributed by atoms with van der Waals surface area (Å²) in [6, 6.07) is 10.0. The molecule has 1 aliphatic heterocycles. The average molecular weight is 386 g/mol. The molecule has 0 spiro atoms. The van der Waals surface area contributed by atoms with Gasteiger partial charge in [-0.1, -0.05) is 18.2 Å². The van der Waals surface area contributed by atoms with Gasteiger partial charge in [0.2, 0.25) is 0 Å². The predicted molar refractivity (Wildman–Crippen MR) is 108 cm³/mol. The number of rotatable bonds is 1. The number of para-hydroxylation sites is 1. The molecule has 6 heteroatoms. The van der Waals surface area contributed by atoms with Gasteiger partial charge in [0.15, 0.2) is 0 Å². The SMILES string of the molecule is CC(C)(C)OC(=O)N(C(=O)OC(C)(C)C)C1CCc2cc3ccccc3n2C1. The molecule has 0 aliphatic carbocycles. The number of imide groups is 1. The topological polar surface area (TPSA) is 60.8 Å². The largest absolute Gasteiger partial charge is 0.443 e. The summed E-state index contributed by atoms with van der Waals surface area (Å²) in [6.07, 6.45) is 0.134. The molecule has 1 aliphatic rings. The molecule has 0 radical (unpaired) electrons. The van der Waals surface area contributed by atoms with Crippen LogP contribution in [0.2, 0.25) is 0 Å². The van der Waals surface area contributed by atoms with E-state index in [1.165, 1.54) is 11.1 Å². The van der Waals surface area contributed by atoms with Crippen molar-refractivity contribution in [3.8, 4) is 0 Å². The summed E-state index contributed by atoms with van der Waals surface area (Å²) in [5, 5.41) is 1.17. The third-order valence-electron chi connectivity index (χ3n) is 4.57. The van der Waals surface area contributed by atoms with Crippen LogP contribution in [-0.2, 0) is 22.4 Å². The molecule has 0 N–H and O–H groups in total. The highest BCUT2D eigenvalue weighted by atomic mass is 16.6. The summed E-state index contributed by atoms with van der Waals surface area (Å²) >= 11 is 0. The molecule has 3 rings (SSSR count). The summed E-state index contributed by atoms with van der Waals surface area (Å²) in [4.78, 5) is 26.9. The number of nitrogens with zero attached hydrogens (tertiary/aromatic N) is 2. The van der Waals surface area contributed by atoms with Gasteiger partial charge in [0.05, 0.1) is 6.04 Å². The lowest BCUT2D eigenvalue weighted by atomic mass is 10.0. The van der Waals surface area contributed by atoms with E-state index in [0.717, 1.165) is 16.8 Å². The van der Waals surface area contributed by atoms with E-state index >= 15 is 0 Å². The monoisotopic (exact) mass is 386 g/mol. The molecule has 1 unspecified atom stereocenters. The molecule has 2 heterocycles. The molecule has 1 aromatic heterocycles. The smallest absolute Gasteiger partial charge is 0.420 e. The van der Waals surface area contributed by atoms with Crippen LogP contribution < -0.4 is 0 Å². The third kappa shape index (κ3) is 4.49. The molecular formula is C22H30N2O4. The molecule has 0 saturated heterocycles. The van der Waals surface area contributed by atoms with E-state index in [4.69, 9.17) is 9.47 Å². The van der Waals surface area contributed by atoms with Gasteiger partial charge in [-0.25, -0.2) is 14.5 Å². The summed E-state index contributed by atoms with van der Waals surface area (Å²) in [5.41, 5.74) is 0.926. The number of amides is 2. The zero-order valence-electron chi connectivity index (χ0n) is 17.6. The van der Waals surface area contributed by atoms with Gasteiger partial charge in [-0.2, -0.15) is 0 Å². The van der Waals surface area contributed by atoms with Crippen LogP contribution in [0.1, 0.15) is 53.7 Å². The van der Waals surface area contributed by atoms with Crippen molar-refractivity contribution >= 4 is 23.1 Å². The van der Waals surface area contributed by atoms with E-state index in [2.05, 4.69) is 22.8 Å². The Kier molecular flexibility index (Phi) is 5.17. The Hall–Kier alpha value is -2.50. The summed E-state index contributed by atoms with van der Waals surface area (Å²) in [7, 11) is 0. The molecule has 1 aromatic carbocycles. The molecule has 2 amide bonds. The summed E-state index contributed by atoms with van der Waals surface area (Å²) in [6.45, 7) is 11.3. The minimum atomic E-state index is -0.697. The fraction of sp³-hybridized carbons (Fsp3) is 0.545. The highest BCUT2D eigenvalue weighted by molar-refractivity contribution is 5.89. The Morgan fingerprint density at radius 1 is 1.00 bits per heavy atom. The van der Waals surface area contributed by atoms with Crippen LogP contribution in [0.25, 0.3) is 10.9 Å². The number of carbonyl (C=O) groups excluding carboxylic acids is 2. The van der Waals surface area contributed by atoms with Crippen molar-refractivity contribution in [1.29, 1.82) is 0 Å². The van der Waals surface area contributed by atoms with Crippen molar-refractivity contribution < 1.29 is 19.1 Å². The zero-order valence-corrected chi connectivity index (χ0v) is 17.6. The van der Waals surface area contributed by atoms with Crippen molar-refractivity contribution in [3.63, 3.8) is 0 Å². The Bertz CT molecular complexity index is 858. The van der Waals surface area contributed by atoms with Gasteiger partial charge >= 0.3 is 12.2 Å². The lowest BCUT2D eigenvalue weighted by molar-refractivity contribution is -0.0105. The van der Waals surface area contributed by atoms with Crippen LogP contribution in [0.4, 0.5) is 9.59 Å². The van der Waals surface area contributed by atoms with Crippen LogP contribution in [0.15, 0.2) is 30.3 Å². The Morgan fingerprint density at radius 3 is 2.14 bits per heavy atom. The first-order valence-corrected chi connectivity index (χ1v) is 9.77. The lowest BCUT2D eigenvalue weighted by Gasteiger charge is -2.36. The van der Waals surface area contributed by atoms with Gasteiger partial charge in [-0.05, 0) is 71.9 Å². The summed E-state index contributed by atoms with van der Waals surface area (Å²) < 4.78 is 13.2. The maximum Gasteiger partial charge on any atom is 0.420 e. The minimum absolute atomic E-state index is 0.326. The molecule has 152 valence electrons. The maximum absolute atomic E-state index is 12.9. The molecule has 28 heavy (non-hydrogen) atoms. The third-order valence-corrected chi connectivity index (χ3v) is 4.57. The number of hydrogen-bond acceptors (Lipinski definition) is 4. The van der Waals surface area contributed by atoms with Gasteiger partial charge in [0.25, 0.3) is 0 Å². The molecule has 6 nitrogen and oxygen atoms in total. The molecule has 0 bridgehead atoms. The predicted octanol–water partition coefficient (Wildman–Crippen LogP) is 5.13. The number of hydrogen-bond donors (Lipinski definition) is 0. The van der Waals surface area contributed by atoms with E-state index in [9.17, 15) is 9.59 Å². The first kappa shape index (κ1) is 20.2. The van der Waals surface area contributed by atoms with Crippen molar-refractivity contribution in [2.24, 2.45) is 0 Å². The number of carbonyl (C=O) groups is 2. The van der Waals surface area contributed by atoms with Crippen molar-refractivity contribution in [2.45, 2.75) is 78.2 Å². The quantitative estimate of drug-likeness (QED) is 0.682. The van der Waals surface area contributed by atoms with Crippen molar-refractivity contribution in [3.05, 3.63) is 36.0 Å². The van der Waals surface area contributed by atoms with Gasteiger partial charge in [-0.3, -0.25) is 0 Å². The normalized spacial score (nSPS) is 17.1. The first-order chi connectivity index (χ1) is 12.9.